The molecule has 0 amide bonds. The van der Waals surface area contributed by atoms with Crippen molar-refractivity contribution in [3.05, 3.63) is 64.7 Å². The summed E-state index contributed by atoms with van der Waals surface area (Å²) in [5.41, 5.74) is 4.51. The number of benzene rings is 2. The van der Waals surface area contributed by atoms with Crippen molar-refractivity contribution in [1.82, 2.24) is 0 Å². The van der Waals surface area contributed by atoms with Gasteiger partial charge in [0, 0.05) is 18.6 Å². The van der Waals surface area contributed by atoms with E-state index in [-0.39, 0.29) is 5.69 Å². The lowest BCUT2D eigenvalue weighted by Gasteiger charge is -2.04. The Bertz CT molecular complexity index is 820. The Morgan fingerprint density at radius 3 is 2.10 bits per heavy atom. The predicted octanol–water partition coefficient (Wildman–Crippen LogP) is 8.03. The second kappa shape index (κ2) is 14.8. The molecule has 0 atom stereocenters. The maximum Gasteiger partial charge on any atom is 0.269 e. The van der Waals surface area contributed by atoms with Crippen LogP contribution in [0.2, 0.25) is 0 Å². The first-order valence-electron chi connectivity index (χ1n) is 11.2. The molecule has 0 aromatic heterocycles. The fraction of sp³-hybridized carbons (Fsp3) is 0.458. The van der Waals surface area contributed by atoms with Gasteiger partial charge in [-0.25, -0.2) is 0 Å². The molecule has 0 bridgehead atoms. The molecule has 0 radical (unpaired) electrons. The molecule has 7 nitrogen and oxygen atoms in total. The van der Waals surface area contributed by atoms with Crippen molar-refractivity contribution in [1.29, 1.82) is 0 Å². The number of azo groups is 1. The van der Waals surface area contributed by atoms with Gasteiger partial charge in [-0.2, -0.15) is 5.10 Å². The van der Waals surface area contributed by atoms with E-state index in [9.17, 15) is 10.1 Å². The molecule has 166 valence electrons. The number of nitrogens with zero attached hydrogens (tertiary/aromatic N) is 4. The molecule has 0 unspecified atom stereocenters. The van der Waals surface area contributed by atoms with Crippen molar-refractivity contribution in [2.45, 2.75) is 71.1 Å². The summed E-state index contributed by atoms with van der Waals surface area (Å²) in [5, 5.41) is 23.7. The van der Waals surface area contributed by atoms with Crippen LogP contribution in [0.5, 0.6) is 0 Å². The number of amidine groups is 1. The molecule has 0 aliphatic heterocycles. The van der Waals surface area contributed by atoms with Gasteiger partial charge in [0.1, 0.15) is 0 Å². The van der Waals surface area contributed by atoms with Gasteiger partial charge in [-0.1, -0.05) is 76.5 Å². The molecule has 2 rings (SSSR count). The average molecular weight is 424 g/mol. The molecule has 0 aliphatic carbocycles. The highest BCUT2D eigenvalue weighted by atomic mass is 16.6. The van der Waals surface area contributed by atoms with E-state index < -0.39 is 4.92 Å². The minimum atomic E-state index is -0.429. The minimum absolute atomic E-state index is 0.0354. The normalized spacial score (nSPS) is 11.7. The van der Waals surface area contributed by atoms with Crippen LogP contribution >= 0.6 is 0 Å². The van der Waals surface area contributed by atoms with Crippen LogP contribution in [0, 0.1) is 10.1 Å². The van der Waals surface area contributed by atoms with E-state index >= 15 is 0 Å². The third kappa shape index (κ3) is 10.5. The average Bonchev–Trinajstić information content (AvgIpc) is 2.80. The topological polar surface area (TPSA) is 92.2 Å². The summed E-state index contributed by atoms with van der Waals surface area (Å²) in [6, 6.07) is 15.7. The molecule has 0 aliphatic rings. The molecule has 0 saturated heterocycles. The van der Waals surface area contributed by atoms with E-state index in [1.165, 1.54) is 57.1 Å². The lowest BCUT2D eigenvalue weighted by atomic mass is 10.1. The number of hydrogen-bond acceptors (Lipinski definition) is 5. The molecule has 0 saturated carbocycles. The second-order valence-electron chi connectivity index (χ2n) is 7.56. The van der Waals surface area contributed by atoms with Gasteiger partial charge in [0.2, 0.25) is 0 Å². The third-order valence-electron chi connectivity index (χ3n) is 4.93. The van der Waals surface area contributed by atoms with Crippen molar-refractivity contribution in [3.63, 3.8) is 0 Å². The minimum Gasteiger partial charge on any atom is -0.277 e. The smallest absolute Gasteiger partial charge is 0.269 e. The van der Waals surface area contributed by atoms with Gasteiger partial charge in [-0.3, -0.25) is 15.5 Å². The lowest BCUT2D eigenvalue weighted by Crippen LogP contribution is -1.99. The predicted molar refractivity (Wildman–Crippen MR) is 127 cm³/mol. The summed E-state index contributed by atoms with van der Waals surface area (Å²) in [4.78, 5) is 10.4. The molecule has 31 heavy (non-hydrogen) atoms. The fourth-order valence-corrected chi connectivity index (χ4v) is 3.12. The fourth-order valence-electron chi connectivity index (χ4n) is 3.12. The number of hydrazone groups is 1. The molecule has 0 spiro atoms. The van der Waals surface area contributed by atoms with E-state index in [1.807, 2.05) is 30.3 Å². The maximum atomic E-state index is 10.8. The first kappa shape index (κ1) is 24.2. The third-order valence-corrected chi connectivity index (χ3v) is 4.93. The number of rotatable bonds is 14. The van der Waals surface area contributed by atoms with Gasteiger partial charge in [-0.05, 0) is 30.7 Å². The van der Waals surface area contributed by atoms with E-state index in [0.29, 0.717) is 11.5 Å². The van der Waals surface area contributed by atoms with Crippen LogP contribution in [0.15, 0.2) is 69.9 Å². The lowest BCUT2D eigenvalue weighted by molar-refractivity contribution is -0.384. The molecule has 2 aromatic carbocycles. The maximum absolute atomic E-state index is 10.8. The summed E-state index contributed by atoms with van der Waals surface area (Å²) in [6.07, 6.45) is 12.0. The Labute approximate surface area is 184 Å². The highest BCUT2D eigenvalue weighted by Crippen LogP contribution is 2.19. The van der Waals surface area contributed by atoms with Crippen LogP contribution in [-0.4, -0.2) is 10.8 Å². The number of hydrogen-bond donors (Lipinski definition) is 1. The van der Waals surface area contributed by atoms with Crippen LogP contribution in [0.25, 0.3) is 0 Å². The Hall–Kier alpha value is -3.09. The SMILES string of the molecule is CCCCCCCCCCC/C(N=Nc1ccc([N+](=O)[O-])cc1)=N\Nc1ccccc1. The Morgan fingerprint density at radius 2 is 1.48 bits per heavy atom. The summed E-state index contributed by atoms with van der Waals surface area (Å²) < 4.78 is 0. The molecular formula is C24H33N5O2. The van der Waals surface area contributed by atoms with Crippen LogP contribution in [0.3, 0.4) is 0 Å². The van der Waals surface area contributed by atoms with Crippen molar-refractivity contribution >= 4 is 22.9 Å². The van der Waals surface area contributed by atoms with Crippen LogP contribution in [0.4, 0.5) is 17.1 Å². The first-order valence-corrected chi connectivity index (χ1v) is 11.2. The van der Waals surface area contributed by atoms with Crippen molar-refractivity contribution in [2.24, 2.45) is 15.3 Å². The summed E-state index contributed by atoms with van der Waals surface area (Å²) in [6.45, 7) is 2.24. The summed E-state index contributed by atoms with van der Waals surface area (Å²) in [7, 11) is 0. The number of para-hydroxylation sites is 1. The van der Waals surface area contributed by atoms with Gasteiger partial charge < -0.3 is 0 Å². The second-order valence-corrected chi connectivity index (χ2v) is 7.56. The van der Waals surface area contributed by atoms with E-state index in [0.717, 1.165) is 24.9 Å². The number of nitro groups is 1. The standard InChI is InChI=1S/C24H33N5O2/c1-2-3-4-5-6-7-8-9-13-16-24(27-25-21-14-11-10-12-15-21)28-26-22-17-19-23(20-18-22)29(30)31/h10-12,14-15,17-20,25H,2-9,13,16H2,1H3/b27-24+,28-26?. The highest BCUT2D eigenvalue weighted by Gasteiger charge is 2.04. The van der Waals surface area contributed by atoms with Crippen LogP contribution < -0.4 is 5.43 Å². The van der Waals surface area contributed by atoms with Gasteiger partial charge >= 0.3 is 0 Å². The highest BCUT2D eigenvalue weighted by molar-refractivity contribution is 5.83. The molecule has 1 N–H and O–H groups in total. The zero-order valence-electron chi connectivity index (χ0n) is 18.4. The summed E-state index contributed by atoms with van der Waals surface area (Å²) in [5.74, 6) is 0.616. The van der Waals surface area contributed by atoms with Gasteiger partial charge in [0.05, 0.1) is 16.3 Å². The van der Waals surface area contributed by atoms with Crippen LogP contribution in [0.1, 0.15) is 71.1 Å². The Kier molecular flexibility index (Phi) is 11.6. The van der Waals surface area contributed by atoms with E-state index in [1.54, 1.807) is 12.1 Å². The Morgan fingerprint density at radius 1 is 0.871 bits per heavy atom. The molecule has 2 aromatic rings. The first-order chi connectivity index (χ1) is 15.2. The number of non-ortho nitro benzene ring substituents is 1. The molecule has 7 heteroatoms. The number of nitrogens with one attached hydrogen (secondary N) is 1. The number of nitro benzene ring substituents is 1. The monoisotopic (exact) mass is 423 g/mol. The quantitative estimate of drug-likeness (QED) is 0.0832. The molecule has 0 fully saturated rings. The largest absolute Gasteiger partial charge is 0.277 e. The summed E-state index contributed by atoms with van der Waals surface area (Å²) >= 11 is 0. The number of anilines is 1. The molecular weight excluding hydrogens is 390 g/mol. The zero-order valence-corrected chi connectivity index (χ0v) is 18.4. The Balaban J connectivity index is 1.86. The zero-order chi connectivity index (χ0) is 22.2. The molecule has 0 heterocycles. The van der Waals surface area contributed by atoms with Crippen molar-refractivity contribution in [3.8, 4) is 0 Å². The van der Waals surface area contributed by atoms with Gasteiger partial charge in [-0.15, -0.1) is 10.2 Å². The van der Waals surface area contributed by atoms with Crippen molar-refractivity contribution < 1.29 is 4.92 Å². The van der Waals surface area contributed by atoms with Gasteiger partial charge in [0.15, 0.2) is 5.84 Å². The van der Waals surface area contributed by atoms with E-state index in [4.69, 9.17) is 0 Å². The van der Waals surface area contributed by atoms with Crippen LogP contribution in [-0.2, 0) is 0 Å². The van der Waals surface area contributed by atoms with Crippen molar-refractivity contribution in [2.75, 3.05) is 5.43 Å². The van der Waals surface area contributed by atoms with E-state index in [2.05, 4.69) is 27.7 Å². The van der Waals surface area contributed by atoms with Gasteiger partial charge in [0.25, 0.3) is 5.69 Å². The number of unbranched alkanes of at least 4 members (excludes halogenated alkanes) is 8.